The van der Waals surface area contributed by atoms with Gasteiger partial charge < -0.3 is 10.6 Å². The van der Waals surface area contributed by atoms with Gasteiger partial charge in [0.25, 0.3) is 0 Å². The van der Waals surface area contributed by atoms with Crippen LogP contribution in [0.5, 0.6) is 0 Å². The molecule has 7 heteroatoms. The molecule has 6 nitrogen and oxygen atoms in total. The molecular formula is C18H20N2O4S. The first-order valence-electron chi connectivity index (χ1n) is 7.82. The highest BCUT2D eigenvalue weighted by Crippen LogP contribution is 2.09. The number of amides is 2. The largest absolute Gasteiger partial charge is 0.354 e. The summed E-state index contributed by atoms with van der Waals surface area (Å²) in [6.45, 7) is -0.193. The van der Waals surface area contributed by atoms with Crippen molar-refractivity contribution in [1.29, 1.82) is 0 Å². The van der Waals surface area contributed by atoms with E-state index in [-0.39, 0.29) is 36.1 Å². The molecule has 2 rings (SSSR count). The summed E-state index contributed by atoms with van der Waals surface area (Å²) in [6.07, 6.45) is 0.191. The van der Waals surface area contributed by atoms with Gasteiger partial charge in [-0.05, 0) is 17.7 Å². The van der Waals surface area contributed by atoms with Crippen molar-refractivity contribution in [3.63, 3.8) is 0 Å². The van der Waals surface area contributed by atoms with Gasteiger partial charge in [-0.1, -0.05) is 48.5 Å². The minimum absolute atomic E-state index is 0.00931. The Morgan fingerprint density at radius 1 is 0.800 bits per heavy atom. The Balaban J connectivity index is 1.70. The predicted octanol–water partition coefficient (Wildman–Crippen LogP) is 0.935. The summed E-state index contributed by atoms with van der Waals surface area (Å²) in [7, 11) is -3.43. The average molecular weight is 360 g/mol. The number of nitrogens with one attached hydrogen (secondary N) is 2. The Bertz CT molecular complexity index is 805. The molecule has 0 spiro atoms. The first kappa shape index (κ1) is 18.7. The zero-order valence-corrected chi connectivity index (χ0v) is 14.5. The maximum absolute atomic E-state index is 12.1. The average Bonchev–Trinajstić information content (AvgIpc) is 2.61. The molecule has 2 amide bonds. The van der Waals surface area contributed by atoms with Crippen LogP contribution in [0.3, 0.4) is 0 Å². The van der Waals surface area contributed by atoms with E-state index in [1.807, 2.05) is 30.3 Å². The Kier molecular flexibility index (Phi) is 6.71. The Morgan fingerprint density at radius 2 is 1.40 bits per heavy atom. The number of sulfone groups is 1. The molecule has 0 aliphatic carbocycles. The van der Waals surface area contributed by atoms with Gasteiger partial charge in [-0.3, -0.25) is 9.59 Å². The third-order valence-electron chi connectivity index (χ3n) is 3.45. The van der Waals surface area contributed by atoms with Crippen LogP contribution in [-0.2, 0) is 25.8 Å². The van der Waals surface area contributed by atoms with Gasteiger partial charge in [0.1, 0.15) is 0 Å². The highest BCUT2D eigenvalue weighted by atomic mass is 32.2. The van der Waals surface area contributed by atoms with Gasteiger partial charge >= 0.3 is 0 Å². The van der Waals surface area contributed by atoms with Crippen LogP contribution in [0, 0.1) is 0 Å². The lowest BCUT2D eigenvalue weighted by molar-refractivity contribution is -0.125. The van der Waals surface area contributed by atoms with E-state index in [2.05, 4.69) is 10.6 Å². The van der Waals surface area contributed by atoms with E-state index < -0.39 is 15.7 Å². The molecular weight excluding hydrogens is 340 g/mol. The standard InChI is InChI=1S/C18H20N2O4S/c21-17(13-15-7-3-1-4-8-15)20-14-18(22)19-11-12-25(23,24)16-9-5-2-6-10-16/h1-10H,11-14H2,(H,19,22)(H,20,21). The molecule has 0 unspecified atom stereocenters. The monoisotopic (exact) mass is 360 g/mol. The van der Waals surface area contributed by atoms with Crippen molar-refractivity contribution in [2.45, 2.75) is 11.3 Å². The first-order valence-corrected chi connectivity index (χ1v) is 9.48. The summed E-state index contributed by atoms with van der Waals surface area (Å²) in [4.78, 5) is 23.7. The minimum atomic E-state index is -3.43. The maximum atomic E-state index is 12.1. The molecule has 25 heavy (non-hydrogen) atoms. The lowest BCUT2D eigenvalue weighted by atomic mass is 10.1. The second kappa shape index (κ2) is 8.98. The van der Waals surface area contributed by atoms with Crippen LogP contribution in [0.4, 0.5) is 0 Å². The van der Waals surface area contributed by atoms with Crippen molar-refractivity contribution in [3.05, 3.63) is 66.2 Å². The smallest absolute Gasteiger partial charge is 0.239 e. The van der Waals surface area contributed by atoms with E-state index in [0.29, 0.717) is 0 Å². The zero-order chi connectivity index (χ0) is 18.1. The van der Waals surface area contributed by atoms with E-state index in [4.69, 9.17) is 0 Å². The molecule has 0 atom stereocenters. The molecule has 2 aromatic rings. The van der Waals surface area contributed by atoms with E-state index in [0.717, 1.165) is 5.56 Å². The third-order valence-corrected chi connectivity index (χ3v) is 5.18. The molecule has 132 valence electrons. The third kappa shape index (κ3) is 6.39. The predicted molar refractivity (Wildman–Crippen MR) is 94.7 cm³/mol. The second-order valence-corrected chi connectivity index (χ2v) is 7.53. The number of carbonyl (C=O) groups is 2. The van der Waals surface area contributed by atoms with Gasteiger partial charge in [-0.25, -0.2) is 8.42 Å². The maximum Gasteiger partial charge on any atom is 0.239 e. The van der Waals surface area contributed by atoms with Gasteiger partial charge in [0.2, 0.25) is 11.8 Å². The van der Waals surface area contributed by atoms with E-state index in [9.17, 15) is 18.0 Å². The molecule has 0 saturated heterocycles. The van der Waals surface area contributed by atoms with Crippen LogP contribution in [-0.4, -0.2) is 39.1 Å². The summed E-state index contributed by atoms with van der Waals surface area (Å²) < 4.78 is 24.1. The van der Waals surface area contributed by atoms with Gasteiger partial charge in [0.05, 0.1) is 23.6 Å². The van der Waals surface area contributed by atoms with Crippen LogP contribution in [0.15, 0.2) is 65.6 Å². The number of carbonyl (C=O) groups excluding carboxylic acids is 2. The van der Waals surface area contributed by atoms with Gasteiger partial charge in [0, 0.05) is 6.54 Å². The van der Waals surface area contributed by atoms with Gasteiger partial charge in [0.15, 0.2) is 9.84 Å². The van der Waals surface area contributed by atoms with Gasteiger partial charge in [-0.2, -0.15) is 0 Å². The molecule has 0 bridgehead atoms. The summed E-state index contributed by atoms with van der Waals surface area (Å²) in [6, 6.07) is 17.2. The molecule has 0 aliphatic rings. The van der Waals surface area contributed by atoms with Crippen LogP contribution in [0.25, 0.3) is 0 Å². The Labute approximate surface area is 147 Å². The fourth-order valence-electron chi connectivity index (χ4n) is 2.16. The van der Waals surface area contributed by atoms with E-state index in [1.54, 1.807) is 18.2 Å². The van der Waals surface area contributed by atoms with Crippen molar-refractivity contribution in [3.8, 4) is 0 Å². The highest BCUT2D eigenvalue weighted by molar-refractivity contribution is 7.91. The molecule has 0 saturated carbocycles. The quantitative estimate of drug-likeness (QED) is 0.733. The number of rotatable bonds is 8. The Morgan fingerprint density at radius 3 is 2.04 bits per heavy atom. The van der Waals surface area contributed by atoms with Crippen molar-refractivity contribution in [2.75, 3.05) is 18.8 Å². The van der Waals surface area contributed by atoms with Crippen LogP contribution in [0.1, 0.15) is 5.56 Å². The normalized spacial score (nSPS) is 10.9. The fourth-order valence-corrected chi connectivity index (χ4v) is 3.33. The number of hydrogen-bond acceptors (Lipinski definition) is 4. The van der Waals surface area contributed by atoms with Crippen LogP contribution >= 0.6 is 0 Å². The fraction of sp³-hybridized carbons (Fsp3) is 0.222. The molecule has 2 N–H and O–H groups in total. The molecule has 2 aromatic carbocycles. The summed E-state index contributed by atoms with van der Waals surface area (Å²) in [5.74, 6) is -0.885. The Hall–Kier alpha value is -2.67. The first-order chi connectivity index (χ1) is 12.0. The van der Waals surface area contributed by atoms with Crippen molar-refractivity contribution in [2.24, 2.45) is 0 Å². The summed E-state index contributed by atoms with van der Waals surface area (Å²) in [5.41, 5.74) is 0.856. The van der Waals surface area contributed by atoms with Crippen molar-refractivity contribution in [1.82, 2.24) is 10.6 Å². The zero-order valence-electron chi connectivity index (χ0n) is 13.6. The SMILES string of the molecule is O=C(CNC(=O)Cc1ccccc1)NCCS(=O)(=O)c1ccccc1. The highest BCUT2D eigenvalue weighted by Gasteiger charge is 2.14. The lowest BCUT2D eigenvalue weighted by Gasteiger charge is -2.08. The minimum Gasteiger partial charge on any atom is -0.354 e. The summed E-state index contributed by atoms with van der Waals surface area (Å²) >= 11 is 0. The number of hydrogen-bond donors (Lipinski definition) is 2. The number of benzene rings is 2. The van der Waals surface area contributed by atoms with Crippen molar-refractivity contribution >= 4 is 21.7 Å². The van der Waals surface area contributed by atoms with Crippen LogP contribution < -0.4 is 10.6 Å². The van der Waals surface area contributed by atoms with E-state index in [1.165, 1.54) is 12.1 Å². The van der Waals surface area contributed by atoms with E-state index >= 15 is 0 Å². The van der Waals surface area contributed by atoms with Crippen molar-refractivity contribution < 1.29 is 18.0 Å². The topological polar surface area (TPSA) is 92.3 Å². The van der Waals surface area contributed by atoms with Gasteiger partial charge in [-0.15, -0.1) is 0 Å². The van der Waals surface area contributed by atoms with Crippen LogP contribution in [0.2, 0.25) is 0 Å². The molecule has 0 radical (unpaired) electrons. The molecule has 0 aliphatic heterocycles. The molecule has 0 heterocycles. The lowest BCUT2D eigenvalue weighted by Crippen LogP contribution is -2.39. The summed E-state index contributed by atoms with van der Waals surface area (Å²) in [5, 5.41) is 5.00. The molecule has 0 aromatic heterocycles. The molecule has 0 fully saturated rings. The second-order valence-electron chi connectivity index (χ2n) is 5.42.